The van der Waals surface area contributed by atoms with Gasteiger partial charge < -0.3 is 9.84 Å². The van der Waals surface area contributed by atoms with Gasteiger partial charge in [-0.1, -0.05) is 12.8 Å². The molecule has 4 heteroatoms. The molecule has 0 aromatic carbocycles. The summed E-state index contributed by atoms with van der Waals surface area (Å²) in [6.45, 7) is 2.63. The lowest BCUT2D eigenvalue weighted by atomic mass is 9.91. The number of aromatic nitrogens is 2. The lowest BCUT2D eigenvalue weighted by molar-refractivity contribution is -0.118. The minimum absolute atomic E-state index is 0.377. The summed E-state index contributed by atoms with van der Waals surface area (Å²) < 4.78 is 7.54. The van der Waals surface area contributed by atoms with Crippen LogP contribution in [0.4, 0.5) is 0 Å². The van der Waals surface area contributed by atoms with Crippen molar-refractivity contribution in [3.63, 3.8) is 0 Å². The van der Waals surface area contributed by atoms with Crippen molar-refractivity contribution in [2.75, 3.05) is 6.61 Å². The highest BCUT2D eigenvalue weighted by atomic mass is 16.5. The van der Waals surface area contributed by atoms with Crippen LogP contribution in [0, 0.1) is 0 Å². The Bertz CT molecular complexity index is 343. The number of rotatable bonds is 4. The lowest BCUT2D eigenvalue weighted by Gasteiger charge is -2.33. The molecule has 0 aliphatic heterocycles. The van der Waals surface area contributed by atoms with E-state index in [1.165, 1.54) is 0 Å². The molecule has 1 aliphatic carbocycles. The number of hydrogen-bond acceptors (Lipinski definition) is 3. The van der Waals surface area contributed by atoms with E-state index in [9.17, 15) is 5.11 Å². The van der Waals surface area contributed by atoms with E-state index in [4.69, 9.17) is 4.74 Å². The number of ether oxygens (including phenoxy) is 1. The number of aliphatic hydroxyl groups is 1. The first-order chi connectivity index (χ1) is 7.68. The highest BCUT2D eigenvalue weighted by molar-refractivity contribution is 5.14. The minimum Gasteiger partial charge on any atom is -0.385 e. The molecule has 90 valence electrons. The van der Waals surface area contributed by atoms with Gasteiger partial charge in [-0.3, -0.25) is 4.68 Å². The summed E-state index contributed by atoms with van der Waals surface area (Å²) in [6.07, 6.45) is 7.19. The van der Waals surface area contributed by atoms with Gasteiger partial charge in [0.15, 0.2) is 0 Å². The molecule has 1 aromatic rings. The van der Waals surface area contributed by atoms with Gasteiger partial charge in [0.2, 0.25) is 0 Å². The topological polar surface area (TPSA) is 47.3 Å². The molecule has 1 heterocycles. The van der Waals surface area contributed by atoms with Crippen LogP contribution in [0.25, 0.3) is 0 Å². The lowest BCUT2D eigenvalue weighted by Crippen LogP contribution is -2.36. The summed E-state index contributed by atoms with van der Waals surface area (Å²) in [5.41, 5.74) is 0.482. The number of aryl methyl sites for hydroxylation is 1. The zero-order valence-corrected chi connectivity index (χ0v) is 10.0. The highest BCUT2D eigenvalue weighted by Gasteiger charge is 2.42. The van der Waals surface area contributed by atoms with E-state index in [1.54, 1.807) is 10.9 Å². The number of nitrogens with zero attached hydrogens (tertiary/aromatic N) is 2. The molecule has 1 N–H and O–H groups in total. The maximum atomic E-state index is 10.4. The minimum atomic E-state index is -0.552. The monoisotopic (exact) mass is 224 g/mol. The molecule has 4 nitrogen and oxygen atoms in total. The zero-order valence-electron chi connectivity index (χ0n) is 10.0. The van der Waals surface area contributed by atoms with Crippen molar-refractivity contribution >= 4 is 0 Å². The maximum Gasteiger partial charge on any atom is 0.111 e. The van der Waals surface area contributed by atoms with Gasteiger partial charge >= 0.3 is 0 Å². The summed E-state index contributed by atoms with van der Waals surface area (Å²) in [4.78, 5) is 0. The summed E-state index contributed by atoms with van der Waals surface area (Å²) in [5, 5.41) is 14.5. The SMILES string of the molecule is CCOC1(C(O)c2cnn(C)c2)CCCC1. The molecule has 16 heavy (non-hydrogen) atoms. The summed E-state index contributed by atoms with van der Waals surface area (Å²) >= 11 is 0. The first kappa shape index (κ1) is 11.6. The second-order valence-corrected chi connectivity index (χ2v) is 4.55. The second-order valence-electron chi connectivity index (χ2n) is 4.55. The van der Waals surface area contributed by atoms with Gasteiger partial charge in [-0.15, -0.1) is 0 Å². The second kappa shape index (κ2) is 4.55. The van der Waals surface area contributed by atoms with Crippen LogP contribution < -0.4 is 0 Å². The molecule has 1 saturated carbocycles. The van der Waals surface area contributed by atoms with Crippen LogP contribution in [-0.2, 0) is 11.8 Å². The number of aliphatic hydroxyl groups excluding tert-OH is 1. The van der Waals surface area contributed by atoms with Gasteiger partial charge in [-0.2, -0.15) is 5.10 Å². The van der Waals surface area contributed by atoms with Crippen LogP contribution in [0.5, 0.6) is 0 Å². The Balaban J connectivity index is 2.20. The van der Waals surface area contributed by atoms with Crippen LogP contribution in [0.15, 0.2) is 12.4 Å². The molecule has 0 spiro atoms. The first-order valence-electron chi connectivity index (χ1n) is 5.98. The van der Waals surface area contributed by atoms with Crippen LogP contribution in [0.2, 0.25) is 0 Å². The fourth-order valence-corrected chi connectivity index (χ4v) is 2.64. The van der Waals surface area contributed by atoms with Crippen molar-refractivity contribution in [2.24, 2.45) is 7.05 Å². The Labute approximate surface area is 96.2 Å². The average Bonchev–Trinajstić information content (AvgIpc) is 2.87. The van der Waals surface area contributed by atoms with Crippen molar-refractivity contribution in [1.82, 2.24) is 9.78 Å². The normalized spacial score (nSPS) is 21.2. The van der Waals surface area contributed by atoms with E-state index in [1.807, 2.05) is 20.2 Å². The highest BCUT2D eigenvalue weighted by Crippen LogP contribution is 2.42. The number of hydrogen-bond donors (Lipinski definition) is 1. The van der Waals surface area contributed by atoms with E-state index in [0.717, 1.165) is 31.2 Å². The Kier molecular flexibility index (Phi) is 3.30. The van der Waals surface area contributed by atoms with Gasteiger partial charge in [0.1, 0.15) is 6.10 Å². The molecule has 1 aromatic heterocycles. The van der Waals surface area contributed by atoms with Crippen LogP contribution in [-0.4, -0.2) is 27.1 Å². The van der Waals surface area contributed by atoms with Crippen LogP contribution in [0.1, 0.15) is 44.3 Å². The molecule has 1 fully saturated rings. The van der Waals surface area contributed by atoms with Crippen LogP contribution >= 0.6 is 0 Å². The van der Waals surface area contributed by atoms with E-state index in [-0.39, 0.29) is 5.60 Å². The smallest absolute Gasteiger partial charge is 0.111 e. The first-order valence-corrected chi connectivity index (χ1v) is 5.98. The van der Waals surface area contributed by atoms with Crippen molar-refractivity contribution in [2.45, 2.75) is 44.3 Å². The molecule has 1 atom stereocenters. The molecule has 0 radical (unpaired) electrons. The van der Waals surface area contributed by atoms with E-state index in [0.29, 0.717) is 6.61 Å². The van der Waals surface area contributed by atoms with Gasteiger partial charge in [0, 0.05) is 25.4 Å². The molecule has 0 bridgehead atoms. The molecular formula is C12H20N2O2. The third-order valence-corrected chi connectivity index (χ3v) is 3.42. The predicted octanol–water partition coefficient (Wildman–Crippen LogP) is 1.80. The third-order valence-electron chi connectivity index (χ3n) is 3.42. The molecule has 1 aliphatic rings. The van der Waals surface area contributed by atoms with E-state index >= 15 is 0 Å². The Hall–Kier alpha value is -0.870. The molecule has 1 unspecified atom stereocenters. The average molecular weight is 224 g/mol. The fourth-order valence-electron chi connectivity index (χ4n) is 2.64. The Morgan fingerprint density at radius 2 is 2.25 bits per heavy atom. The predicted molar refractivity (Wildman–Crippen MR) is 61.0 cm³/mol. The Morgan fingerprint density at radius 3 is 2.75 bits per heavy atom. The van der Waals surface area contributed by atoms with Crippen molar-refractivity contribution in [1.29, 1.82) is 0 Å². The van der Waals surface area contributed by atoms with Crippen molar-refractivity contribution in [3.8, 4) is 0 Å². The summed E-state index contributed by atoms with van der Waals surface area (Å²) in [7, 11) is 1.86. The van der Waals surface area contributed by atoms with E-state index < -0.39 is 6.10 Å². The van der Waals surface area contributed by atoms with Crippen molar-refractivity contribution < 1.29 is 9.84 Å². The van der Waals surface area contributed by atoms with Crippen LogP contribution in [0.3, 0.4) is 0 Å². The summed E-state index contributed by atoms with van der Waals surface area (Å²) in [5.74, 6) is 0. The largest absolute Gasteiger partial charge is 0.385 e. The molecule has 2 rings (SSSR count). The van der Waals surface area contributed by atoms with Gasteiger partial charge in [0.05, 0.1) is 11.8 Å². The van der Waals surface area contributed by atoms with E-state index in [2.05, 4.69) is 5.10 Å². The Morgan fingerprint density at radius 1 is 1.56 bits per heavy atom. The molecule has 0 amide bonds. The zero-order chi connectivity index (χ0) is 11.6. The van der Waals surface area contributed by atoms with Gasteiger partial charge in [0.25, 0.3) is 0 Å². The fraction of sp³-hybridized carbons (Fsp3) is 0.750. The van der Waals surface area contributed by atoms with Crippen molar-refractivity contribution in [3.05, 3.63) is 18.0 Å². The molecule has 0 saturated heterocycles. The van der Waals surface area contributed by atoms with Gasteiger partial charge in [-0.05, 0) is 19.8 Å². The molecular weight excluding hydrogens is 204 g/mol. The maximum absolute atomic E-state index is 10.4. The van der Waals surface area contributed by atoms with Gasteiger partial charge in [-0.25, -0.2) is 0 Å². The quantitative estimate of drug-likeness (QED) is 0.848. The standard InChI is InChI=1S/C12H20N2O2/c1-3-16-12(6-4-5-7-12)11(15)10-8-13-14(2)9-10/h8-9,11,15H,3-7H2,1-2H3. The summed E-state index contributed by atoms with van der Waals surface area (Å²) in [6, 6.07) is 0. The third kappa shape index (κ3) is 1.99.